The van der Waals surface area contributed by atoms with E-state index in [1.165, 1.54) is 17.3 Å². The Kier molecular flexibility index (Phi) is 4.99. The van der Waals surface area contributed by atoms with Crippen LogP contribution in [0.3, 0.4) is 0 Å². The quantitative estimate of drug-likeness (QED) is 0.595. The molecular formula is C16H19F2N5O3. The predicted octanol–water partition coefficient (Wildman–Crippen LogP) is 0.0121. The van der Waals surface area contributed by atoms with Crippen LogP contribution >= 0.6 is 0 Å². The van der Waals surface area contributed by atoms with Crippen LogP contribution in [0, 0.1) is 17.6 Å². The summed E-state index contributed by atoms with van der Waals surface area (Å²) in [7, 11) is 1.61. The summed E-state index contributed by atoms with van der Waals surface area (Å²) in [5.74, 6) is -2.70. The van der Waals surface area contributed by atoms with Crippen molar-refractivity contribution in [2.45, 2.75) is 30.8 Å². The molecule has 2 aromatic rings. The third kappa shape index (κ3) is 3.30. The van der Waals surface area contributed by atoms with Crippen molar-refractivity contribution in [1.29, 1.82) is 0 Å². The predicted molar refractivity (Wildman–Crippen MR) is 87.9 cm³/mol. The van der Waals surface area contributed by atoms with E-state index in [2.05, 4.69) is 15.0 Å². The van der Waals surface area contributed by atoms with E-state index < -0.39 is 41.9 Å². The molecule has 1 aromatic carbocycles. The number of aliphatic hydroxyl groups is 3. The van der Waals surface area contributed by atoms with Gasteiger partial charge in [0, 0.05) is 13.0 Å². The highest BCUT2D eigenvalue weighted by Gasteiger charge is 2.47. The molecule has 140 valence electrons. The van der Waals surface area contributed by atoms with Gasteiger partial charge in [-0.05, 0) is 24.1 Å². The number of aliphatic hydroxyl groups excluding tert-OH is 3. The minimum atomic E-state index is -1.28. The van der Waals surface area contributed by atoms with E-state index in [9.17, 15) is 24.1 Å². The minimum Gasteiger partial charge on any atom is -0.390 e. The van der Waals surface area contributed by atoms with E-state index in [-0.39, 0.29) is 23.9 Å². The number of anilines is 2. The Labute approximate surface area is 148 Å². The second kappa shape index (κ2) is 7.06. The number of benzene rings is 1. The van der Waals surface area contributed by atoms with Crippen molar-refractivity contribution < 1.29 is 24.1 Å². The van der Waals surface area contributed by atoms with Gasteiger partial charge in [-0.2, -0.15) is 4.98 Å². The first kappa shape index (κ1) is 18.4. The molecule has 0 amide bonds. The van der Waals surface area contributed by atoms with Crippen LogP contribution in [0.2, 0.25) is 0 Å². The fraction of sp³-hybridized carbons (Fsp3) is 0.438. The molecule has 1 saturated carbocycles. The summed E-state index contributed by atoms with van der Waals surface area (Å²) in [6.07, 6.45) is -2.37. The average molecular weight is 367 g/mol. The maximum atomic E-state index is 13.4. The standard InChI is InChI=1S/C16H19F2N5O3/c1-23(16-21-6-20-15(19)22-16)11-5-8(13(25)14(11)26)12(24)7-2-3-9(17)10(18)4-7/h2-4,6,8,11-14,24-26H,5H2,1H3,(H2,19,20,21,22)/t8-,11+,12+,13+,14-/m0/s1. The Balaban J connectivity index is 1.81. The van der Waals surface area contributed by atoms with E-state index >= 15 is 0 Å². The number of hydrogen-bond acceptors (Lipinski definition) is 8. The Morgan fingerprint density at radius 2 is 1.92 bits per heavy atom. The number of nitrogen functional groups attached to an aromatic ring is 1. The smallest absolute Gasteiger partial charge is 0.230 e. The maximum Gasteiger partial charge on any atom is 0.230 e. The third-order valence-corrected chi connectivity index (χ3v) is 4.78. The molecule has 10 heteroatoms. The molecule has 0 aliphatic heterocycles. The molecule has 1 aliphatic carbocycles. The van der Waals surface area contributed by atoms with Gasteiger partial charge in [0.2, 0.25) is 11.9 Å². The van der Waals surface area contributed by atoms with E-state index in [1.807, 2.05) is 0 Å². The van der Waals surface area contributed by atoms with Crippen LogP contribution < -0.4 is 10.6 Å². The zero-order chi connectivity index (χ0) is 19.0. The van der Waals surface area contributed by atoms with Gasteiger partial charge in [-0.3, -0.25) is 0 Å². The van der Waals surface area contributed by atoms with E-state index in [0.717, 1.165) is 12.1 Å². The first-order chi connectivity index (χ1) is 12.3. The van der Waals surface area contributed by atoms with Crippen LogP contribution in [0.1, 0.15) is 18.1 Å². The van der Waals surface area contributed by atoms with Gasteiger partial charge in [0.15, 0.2) is 11.6 Å². The fourth-order valence-corrected chi connectivity index (χ4v) is 3.30. The van der Waals surface area contributed by atoms with E-state index in [1.54, 1.807) is 7.05 Å². The highest BCUT2D eigenvalue weighted by Crippen LogP contribution is 2.39. The summed E-state index contributed by atoms with van der Waals surface area (Å²) in [5.41, 5.74) is 5.65. The van der Waals surface area contributed by atoms with Crippen molar-refractivity contribution in [3.63, 3.8) is 0 Å². The lowest BCUT2D eigenvalue weighted by molar-refractivity contribution is -0.0232. The van der Waals surface area contributed by atoms with Crippen LogP contribution in [0.4, 0.5) is 20.7 Å². The Morgan fingerprint density at radius 1 is 1.19 bits per heavy atom. The molecule has 0 radical (unpaired) electrons. The summed E-state index contributed by atoms with van der Waals surface area (Å²) in [6.45, 7) is 0. The zero-order valence-corrected chi connectivity index (χ0v) is 13.9. The van der Waals surface area contributed by atoms with Gasteiger partial charge in [-0.25, -0.2) is 18.7 Å². The van der Waals surface area contributed by atoms with Crippen LogP contribution in [0.5, 0.6) is 0 Å². The summed E-state index contributed by atoms with van der Waals surface area (Å²) >= 11 is 0. The fourth-order valence-electron chi connectivity index (χ4n) is 3.30. The molecule has 3 rings (SSSR count). The monoisotopic (exact) mass is 367 g/mol. The summed E-state index contributed by atoms with van der Waals surface area (Å²) in [6, 6.07) is 2.41. The van der Waals surface area contributed by atoms with E-state index in [4.69, 9.17) is 5.73 Å². The number of rotatable bonds is 4. The highest BCUT2D eigenvalue weighted by atomic mass is 19.2. The molecule has 1 fully saturated rings. The largest absolute Gasteiger partial charge is 0.390 e. The topological polar surface area (TPSA) is 129 Å². The number of aromatic nitrogens is 3. The first-order valence-electron chi connectivity index (χ1n) is 7.96. The molecule has 0 saturated heterocycles. The molecule has 26 heavy (non-hydrogen) atoms. The van der Waals surface area contributed by atoms with E-state index in [0.29, 0.717) is 0 Å². The van der Waals surface area contributed by atoms with Crippen molar-refractivity contribution >= 4 is 11.9 Å². The normalized spacial score (nSPS) is 26.7. The number of halogens is 2. The van der Waals surface area contributed by atoms with Crippen LogP contribution in [0.15, 0.2) is 24.5 Å². The molecule has 8 nitrogen and oxygen atoms in total. The summed E-state index contributed by atoms with van der Waals surface area (Å²) in [5, 5.41) is 31.2. The molecule has 0 spiro atoms. The van der Waals surface area contributed by atoms with Crippen molar-refractivity contribution in [3.8, 4) is 0 Å². The van der Waals surface area contributed by atoms with Crippen molar-refractivity contribution in [1.82, 2.24) is 15.0 Å². The molecule has 1 aromatic heterocycles. The number of hydrogen-bond donors (Lipinski definition) is 4. The van der Waals surface area contributed by atoms with Crippen molar-refractivity contribution in [2.75, 3.05) is 17.7 Å². The number of nitrogens with two attached hydrogens (primary N) is 1. The lowest BCUT2D eigenvalue weighted by Gasteiger charge is -2.27. The number of nitrogens with zero attached hydrogens (tertiary/aromatic N) is 4. The molecular weight excluding hydrogens is 348 g/mol. The van der Waals surface area contributed by atoms with Gasteiger partial charge in [0.05, 0.1) is 18.2 Å². The van der Waals surface area contributed by atoms with Crippen LogP contribution in [0.25, 0.3) is 0 Å². The molecule has 0 unspecified atom stereocenters. The SMILES string of the molecule is CN(c1ncnc(N)n1)[C@@H]1C[C@@H]([C@H](O)c2ccc(F)c(F)c2)[C@@H](O)[C@H]1O. The minimum absolute atomic E-state index is 0.00765. The van der Waals surface area contributed by atoms with Crippen LogP contribution in [-0.4, -0.2) is 55.6 Å². The highest BCUT2D eigenvalue weighted by molar-refractivity contribution is 5.35. The van der Waals surface area contributed by atoms with Crippen molar-refractivity contribution in [3.05, 3.63) is 41.7 Å². The van der Waals surface area contributed by atoms with Crippen molar-refractivity contribution in [2.24, 2.45) is 5.92 Å². The second-order valence-electron chi connectivity index (χ2n) is 6.32. The number of likely N-dealkylation sites (N-methyl/N-ethyl adjacent to an activating group) is 1. The van der Waals surface area contributed by atoms with Gasteiger partial charge < -0.3 is 26.0 Å². The average Bonchev–Trinajstić information content (AvgIpc) is 2.91. The second-order valence-corrected chi connectivity index (χ2v) is 6.32. The summed E-state index contributed by atoms with van der Waals surface area (Å²) < 4.78 is 26.5. The summed E-state index contributed by atoms with van der Waals surface area (Å²) in [4.78, 5) is 13.2. The van der Waals surface area contributed by atoms with Gasteiger partial charge in [-0.15, -0.1) is 0 Å². The zero-order valence-electron chi connectivity index (χ0n) is 13.9. The molecule has 1 aliphatic rings. The molecule has 5 N–H and O–H groups in total. The Hall–Kier alpha value is -2.43. The Morgan fingerprint density at radius 3 is 2.58 bits per heavy atom. The van der Waals surface area contributed by atoms with Crippen LogP contribution in [-0.2, 0) is 0 Å². The van der Waals surface area contributed by atoms with Gasteiger partial charge in [0.1, 0.15) is 12.4 Å². The lowest BCUT2D eigenvalue weighted by atomic mass is 9.92. The third-order valence-electron chi connectivity index (χ3n) is 4.78. The van der Waals surface area contributed by atoms with Gasteiger partial charge >= 0.3 is 0 Å². The molecule has 1 heterocycles. The molecule has 0 bridgehead atoms. The van der Waals surface area contributed by atoms with Gasteiger partial charge in [-0.1, -0.05) is 6.07 Å². The Bertz CT molecular complexity index is 796. The first-order valence-corrected chi connectivity index (χ1v) is 7.96. The maximum absolute atomic E-state index is 13.4. The molecule has 5 atom stereocenters. The lowest BCUT2D eigenvalue weighted by Crippen LogP contribution is -2.42. The van der Waals surface area contributed by atoms with Gasteiger partial charge in [0.25, 0.3) is 0 Å².